The highest BCUT2D eigenvalue weighted by atomic mass is 32.2. The van der Waals surface area contributed by atoms with Gasteiger partial charge in [0.05, 0.1) is 18.0 Å². The summed E-state index contributed by atoms with van der Waals surface area (Å²) in [5.74, 6) is 0.199. The largest absolute Gasteiger partial charge is 0.487 e. The molecule has 2 aliphatic rings. The van der Waals surface area contributed by atoms with Crippen LogP contribution >= 0.6 is 0 Å². The van der Waals surface area contributed by atoms with Crippen molar-refractivity contribution in [2.24, 2.45) is 5.16 Å². The Hall–Kier alpha value is -2.01. The number of halogens is 3. The summed E-state index contributed by atoms with van der Waals surface area (Å²) < 4.78 is 70.3. The third-order valence-electron chi connectivity index (χ3n) is 4.17. The number of nitrogens with zero attached hydrogens (tertiary/aromatic N) is 3. The molecule has 11 heteroatoms. The van der Waals surface area contributed by atoms with Gasteiger partial charge in [-0.25, -0.2) is 8.42 Å². The summed E-state index contributed by atoms with van der Waals surface area (Å²) in [5, 5.41) is 3.26. The molecular formula is C15H18F3N3O4S. The van der Waals surface area contributed by atoms with E-state index in [9.17, 15) is 21.6 Å². The van der Waals surface area contributed by atoms with E-state index in [0.717, 1.165) is 11.2 Å². The number of rotatable bonds is 5. The molecule has 0 radical (unpaired) electrons. The zero-order valence-electron chi connectivity index (χ0n) is 13.9. The number of sulfonamides is 1. The van der Waals surface area contributed by atoms with Crippen molar-refractivity contribution in [2.75, 3.05) is 23.7 Å². The van der Waals surface area contributed by atoms with Crippen LogP contribution < -0.4 is 9.64 Å². The van der Waals surface area contributed by atoms with Crippen LogP contribution in [0.1, 0.15) is 13.3 Å². The van der Waals surface area contributed by atoms with Crippen molar-refractivity contribution < 1.29 is 31.2 Å². The Kier molecular flexibility index (Phi) is 5.02. The Morgan fingerprint density at radius 3 is 2.77 bits per heavy atom. The summed E-state index contributed by atoms with van der Waals surface area (Å²) in [7, 11) is -3.32. The summed E-state index contributed by atoms with van der Waals surface area (Å²) >= 11 is 0. The molecular weight excluding hydrogens is 375 g/mol. The van der Waals surface area contributed by atoms with E-state index in [1.54, 1.807) is 19.1 Å². The third-order valence-corrected chi connectivity index (χ3v) is 6.02. The summed E-state index contributed by atoms with van der Waals surface area (Å²) in [6, 6.07) is 6.20. The molecule has 0 spiro atoms. The first-order valence-corrected chi connectivity index (χ1v) is 9.61. The van der Waals surface area contributed by atoms with Crippen LogP contribution in [0.5, 0.6) is 5.75 Å². The van der Waals surface area contributed by atoms with Gasteiger partial charge in [-0.3, -0.25) is 4.90 Å². The summed E-state index contributed by atoms with van der Waals surface area (Å²) in [4.78, 5) is 5.25. The minimum absolute atomic E-state index is 0.00878. The summed E-state index contributed by atoms with van der Waals surface area (Å²) in [6.45, 7) is 2.04. The van der Waals surface area contributed by atoms with Gasteiger partial charge in [-0.05, 0) is 25.5 Å². The molecule has 2 heterocycles. The van der Waals surface area contributed by atoms with Gasteiger partial charge in [-0.2, -0.15) is 17.5 Å². The van der Waals surface area contributed by atoms with E-state index in [1.807, 2.05) is 0 Å². The fraction of sp³-hybridized carbons (Fsp3) is 0.533. The Morgan fingerprint density at radius 2 is 2.08 bits per heavy atom. The Morgan fingerprint density at radius 1 is 1.35 bits per heavy atom. The smallest absolute Gasteiger partial charge is 0.448 e. The normalized spacial score (nSPS) is 24.1. The molecule has 1 saturated heterocycles. The SMILES string of the molecule is CCS(=O)(=O)N1CCC(Oc2ccccc2N2C=NOC2C(F)(F)F)C1. The fourth-order valence-corrected chi connectivity index (χ4v) is 3.97. The lowest BCUT2D eigenvalue weighted by Crippen LogP contribution is -2.43. The number of alkyl halides is 3. The second kappa shape index (κ2) is 6.95. The predicted octanol–water partition coefficient (Wildman–Crippen LogP) is 2.16. The molecule has 0 aromatic heterocycles. The molecule has 0 N–H and O–H groups in total. The zero-order valence-corrected chi connectivity index (χ0v) is 14.7. The van der Waals surface area contributed by atoms with Gasteiger partial charge < -0.3 is 9.57 Å². The van der Waals surface area contributed by atoms with Crippen LogP contribution in [0.15, 0.2) is 29.4 Å². The van der Waals surface area contributed by atoms with E-state index in [1.165, 1.54) is 16.4 Å². The fourth-order valence-electron chi connectivity index (χ4n) is 2.83. The number of oxime groups is 1. The molecule has 7 nitrogen and oxygen atoms in total. The van der Waals surface area contributed by atoms with Crippen molar-refractivity contribution in [1.29, 1.82) is 0 Å². The van der Waals surface area contributed by atoms with Gasteiger partial charge in [0.25, 0.3) is 0 Å². The molecule has 2 aliphatic heterocycles. The van der Waals surface area contributed by atoms with Crippen molar-refractivity contribution in [3.05, 3.63) is 24.3 Å². The molecule has 1 fully saturated rings. The van der Waals surface area contributed by atoms with Crippen LogP contribution in [0.4, 0.5) is 18.9 Å². The highest BCUT2D eigenvalue weighted by Gasteiger charge is 2.49. The van der Waals surface area contributed by atoms with E-state index in [0.29, 0.717) is 13.0 Å². The average Bonchev–Trinajstić information content (AvgIpc) is 3.24. The first-order chi connectivity index (χ1) is 12.2. The third kappa shape index (κ3) is 3.73. The van der Waals surface area contributed by atoms with E-state index >= 15 is 0 Å². The lowest BCUT2D eigenvalue weighted by molar-refractivity contribution is -0.211. The average molecular weight is 393 g/mol. The summed E-state index contributed by atoms with van der Waals surface area (Å²) in [6.07, 6.45) is -5.90. The molecule has 0 aliphatic carbocycles. The van der Waals surface area contributed by atoms with Crippen molar-refractivity contribution in [2.45, 2.75) is 31.9 Å². The first kappa shape index (κ1) is 18.8. The predicted molar refractivity (Wildman–Crippen MR) is 88.4 cm³/mol. The van der Waals surface area contributed by atoms with Crippen LogP contribution in [0.25, 0.3) is 0 Å². The van der Waals surface area contributed by atoms with E-state index in [-0.39, 0.29) is 23.7 Å². The number of anilines is 1. The minimum atomic E-state index is -4.64. The Balaban J connectivity index is 1.78. The molecule has 0 amide bonds. The molecule has 2 atom stereocenters. The van der Waals surface area contributed by atoms with Crippen LogP contribution in [0.3, 0.4) is 0 Å². The maximum absolute atomic E-state index is 13.1. The van der Waals surface area contributed by atoms with Gasteiger partial charge in [0.15, 0.2) is 0 Å². The van der Waals surface area contributed by atoms with Gasteiger partial charge in [0, 0.05) is 6.54 Å². The van der Waals surface area contributed by atoms with E-state index in [2.05, 4.69) is 9.99 Å². The molecule has 1 aromatic rings. The Bertz CT molecular complexity index is 785. The number of hydrogen-bond donors (Lipinski definition) is 0. The number of benzene rings is 1. The molecule has 0 bridgehead atoms. The van der Waals surface area contributed by atoms with Gasteiger partial charge in [0.2, 0.25) is 10.0 Å². The number of hydrogen-bond acceptors (Lipinski definition) is 6. The van der Waals surface area contributed by atoms with Gasteiger partial charge >= 0.3 is 12.4 Å². The van der Waals surface area contributed by atoms with Crippen LogP contribution in [-0.4, -0.2) is 56.4 Å². The second-order valence-electron chi connectivity index (χ2n) is 5.88. The zero-order chi connectivity index (χ0) is 18.9. The molecule has 2 unspecified atom stereocenters. The van der Waals surface area contributed by atoms with Gasteiger partial charge in [-0.15, -0.1) is 0 Å². The van der Waals surface area contributed by atoms with Crippen LogP contribution in [0.2, 0.25) is 0 Å². The monoisotopic (exact) mass is 393 g/mol. The minimum Gasteiger partial charge on any atom is -0.487 e. The maximum atomic E-state index is 13.1. The quantitative estimate of drug-likeness (QED) is 0.767. The lowest BCUT2D eigenvalue weighted by Gasteiger charge is -2.26. The summed E-state index contributed by atoms with van der Waals surface area (Å²) in [5.41, 5.74) is 0.146. The van der Waals surface area contributed by atoms with Crippen LogP contribution in [-0.2, 0) is 14.9 Å². The Labute approximate surface area is 149 Å². The highest BCUT2D eigenvalue weighted by Crippen LogP contribution is 2.37. The van der Waals surface area contributed by atoms with Crippen molar-refractivity contribution in [3.63, 3.8) is 0 Å². The molecule has 26 heavy (non-hydrogen) atoms. The van der Waals surface area contributed by atoms with Crippen molar-refractivity contribution in [1.82, 2.24) is 4.31 Å². The molecule has 1 aromatic carbocycles. The van der Waals surface area contributed by atoms with Crippen molar-refractivity contribution in [3.8, 4) is 5.75 Å². The number of ether oxygens (including phenoxy) is 1. The topological polar surface area (TPSA) is 71.4 Å². The van der Waals surface area contributed by atoms with Crippen LogP contribution in [0, 0.1) is 0 Å². The van der Waals surface area contributed by atoms with Crippen molar-refractivity contribution >= 4 is 22.0 Å². The maximum Gasteiger partial charge on any atom is 0.448 e. The van der Waals surface area contributed by atoms with E-state index < -0.39 is 28.5 Å². The standard InChI is InChI=1S/C15H18F3N3O4S/c1-2-26(22,23)20-8-7-11(9-20)24-13-6-4-3-5-12(13)21-10-19-25-14(21)15(16,17)18/h3-6,10-11,14H,2,7-9H2,1H3. The second-order valence-corrected chi connectivity index (χ2v) is 8.14. The first-order valence-electron chi connectivity index (χ1n) is 8.00. The molecule has 3 rings (SSSR count). The molecule has 144 valence electrons. The molecule has 0 saturated carbocycles. The van der Waals surface area contributed by atoms with Gasteiger partial charge in [-0.1, -0.05) is 17.3 Å². The lowest BCUT2D eigenvalue weighted by atomic mass is 10.2. The number of para-hydroxylation sites is 2. The highest BCUT2D eigenvalue weighted by molar-refractivity contribution is 7.89. The van der Waals surface area contributed by atoms with Gasteiger partial charge in [0.1, 0.15) is 18.2 Å². The van der Waals surface area contributed by atoms with E-state index in [4.69, 9.17) is 4.74 Å².